The molecule has 2 aromatic rings. The molecule has 0 bridgehead atoms. The average Bonchev–Trinajstić information content (AvgIpc) is 3.49. The lowest BCUT2D eigenvalue weighted by Crippen LogP contribution is -2.45. The van der Waals surface area contributed by atoms with Crippen molar-refractivity contribution < 1.29 is 19.3 Å². The number of ether oxygens (including phenoxy) is 3. The molecule has 7 atom stereocenters. The van der Waals surface area contributed by atoms with Crippen molar-refractivity contribution in [1.29, 1.82) is 0 Å². The highest BCUT2D eigenvalue weighted by atomic mass is 16.7. The Bertz CT molecular complexity index is 974. The van der Waals surface area contributed by atoms with Crippen molar-refractivity contribution in [3.05, 3.63) is 65.2 Å². The van der Waals surface area contributed by atoms with Crippen LogP contribution in [0.1, 0.15) is 61.3 Å². The fourth-order valence-corrected chi connectivity index (χ4v) is 7.39. The minimum atomic E-state index is -0.387. The van der Waals surface area contributed by atoms with Gasteiger partial charge in [-0.15, -0.1) is 0 Å². The molecule has 3 aliphatic carbocycles. The fourth-order valence-electron chi connectivity index (χ4n) is 7.39. The molecule has 1 spiro atoms. The Hall–Kier alpha value is -1.88. The van der Waals surface area contributed by atoms with Crippen molar-refractivity contribution in [2.45, 2.75) is 62.8 Å². The first-order chi connectivity index (χ1) is 15.1. The van der Waals surface area contributed by atoms with Crippen LogP contribution in [-0.2, 0) is 15.9 Å². The number of aliphatic hydroxyl groups is 1. The smallest absolute Gasteiger partial charge is 0.188 e. The van der Waals surface area contributed by atoms with Crippen LogP contribution in [0, 0.1) is 17.3 Å². The molecule has 0 amide bonds. The summed E-state index contributed by atoms with van der Waals surface area (Å²) in [5.41, 5.74) is 3.70. The minimum absolute atomic E-state index is 0.0425. The summed E-state index contributed by atoms with van der Waals surface area (Å²) in [6.07, 6.45) is 5.11. The molecule has 1 aliphatic heterocycles. The van der Waals surface area contributed by atoms with Gasteiger partial charge in [-0.2, -0.15) is 0 Å². The lowest BCUT2D eigenvalue weighted by Gasteiger charge is -2.49. The second-order valence-corrected chi connectivity index (χ2v) is 10.3. The summed E-state index contributed by atoms with van der Waals surface area (Å²) in [5.74, 6) is 2.60. The summed E-state index contributed by atoms with van der Waals surface area (Å²) in [6.45, 7) is 2.61. The van der Waals surface area contributed by atoms with Crippen molar-refractivity contribution >= 4 is 0 Å². The monoisotopic (exact) mass is 420 g/mol. The maximum absolute atomic E-state index is 11.6. The zero-order valence-corrected chi connectivity index (χ0v) is 18.4. The van der Waals surface area contributed by atoms with Gasteiger partial charge in [0.15, 0.2) is 6.79 Å². The molecule has 1 N–H and O–H groups in total. The van der Waals surface area contributed by atoms with Crippen LogP contribution in [0.3, 0.4) is 0 Å². The Labute approximate surface area is 184 Å². The third kappa shape index (κ3) is 2.84. The Morgan fingerprint density at radius 3 is 2.77 bits per heavy atom. The zero-order chi connectivity index (χ0) is 21.2. The molecule has 2 aromatic carbocycles. The highest BCUT2D eigenvalue weighted by Crippen LogP contribution is 2.71. The average molecular weight is 421 g/mol. The number of epoxide rings is 1. The lowest BCUT2D eigenvalue weighted by molar-refractivity contribution is -0.0375. The van der Waals surface area contributed by atoms with Gasteiger partial charge in [0.05, 0.1) is 6.10 Å². The number of aliphatic hydroxyl groups excluding tert-OH is 1. The largest absolute Gasteiger partial charge is 0.468 e. The highest BCUT2D eigenvalue weighted by molar-refractivity contribution is 5.41. The standard InChI is InChI=1S/C27H32O4/c1-26-13-12-21-20-11-9-19(30-16-29-2)14-18(20)8-10-22(21)23(26)15-27(25(26)28)24(31-27)17-6-4-3-5-7-17/h3-7,9,11,14,21-25,28H,8,10,12-13,15-16H2,1-2H3/t21-,22-,23+,24-,25-,26+,27+/m1/s1. The molecule has 6 rings (SSSR count). The van der Waals surface area contributed by atoms with E-state index in [0.29, 0.717) is 17.8 Å². The summed E-state index contributed by atoms with van der Waals surface area (Å²) in [5, 5.41) is 11.6. The number of rotatable bonds is 4. The van der Waals surface area contributed by atoms with E-state index in [2.05, 4.69) is 49.4 Å². The van der Waals surface area contributed by atoms with Gasteiger partial charge in [-0.3, -0.25) is 0 Å². The quantitative estimate of drug-likeness (QED) is 0.558. The summed E-state index contributed by atoms with van der Waals surface area (Å²) < 4.78 is 17.1. The number of hydrogen-bond donors (Lipinski definition) is 1. The molecule has 2 saturated carbocycles. The molecule has 0 aromatic heterocycles. The number of hydrogen-bond acceptors (Lipinski definition) is 4. The third-order valence-electron chi connectivity index (χ3n) is 8.93. The van der Waals surface area contributed by atoms with E-state index in [1.165, 1.54) is 23.1 Å². The Morgan fingerprint density at radius 1 is 1.13 bits per heavy atom. The van der Waals surface area contributed by atoms with Crippen LogP contribution in [-0.4, -0.2) is 30.7 Å². The summed E-state index contributed by atoms with van der Waals surface area (Å²) in [4.78, 5) is 0. The van der Waals surface area contributed by atoms with Crippen LogP contribution < -0.4 is 4.74 Å². The fraction of sp³-hybridized carbons (Fsp3) is 0.556. The van der Waals surface area contributed by atoms with E-state index in [0.717, 1.165) is 31.4 Å². The van der Waals surface area contributed by atoms with Gasteiger partial charge < -0.3 is 19.3 Å². The molecule has 164 valence electrons. The van der Waals surface area contributed by atoms with Crippen LogP contribution in [0.5, 0.6) is 5.75 Å². The van der Waals surface area contributed by atoms with Gasteiger partial charge in [-0.25, -0.2) is 0 Å². The predicted molar refractivity (Wildman–Crippen MR) is 118 cm³/mol. The van der Waals surface area contributed by atoms with Crippen LogP contribution >= 0.6 is 0 Å². The molecule has 4 nitrogen and oxygen atoms in total. The Morgan fingerprint density at radius 2 is 1.97 bits per heavy atom. The van der Waals surface area contributed by atoms with Gasteiger partial charge in [0.1, 0.15) is 17.5 Å². The maximum atomic E-state index is 11.6. The first kappa shape index (κ1) is 19.8. The number of methoxy groups -OCH3 is 1. The number of benzene rings is 2. The Kier molecular flexibility index (Phi) is 4.51. The van der Waals surface area contributed by atoms with E-state index in [1.54, 1.807) is 7.11 Å². The van der Waals surface area contributed by atoms with E-state index >= 15 is 0 Å². The molecule has 4 aliphatic rings. The van der Waals surface area contributed by atoms with E-state index in [9.17, 15) is 5.11 Å². The summed E-state index contributed by atoms with van der Waals surface area (Å²) >= 11 is 0. The molecule has 1 saturated heterocycles. The van der Waals surface area contributed by atoms with E-state index in [4.69, 9.17) is 14.2 Å². The minimum Gasteiger partial charge on any atom is -0.468 e. The number of fused-ring (bicyclic) bond motifs is 5. The SMILES string of the molecule is COCOc1ccc2c(c1)CC[C@@H]1[C@@H]2CC[C@]2(C)[C@@H](O)[C@@]3(C[C@@H]12)O[C@@H]3c1ccccc1. The summed E-state index contributed by atoms with van der Waals surface area (Å²) in [6, 6.07) is 17.0. The van der Waals surface area contributed by atoms with Crippen LogP contribution in [0.15, 0.2) is 48.5 Å². The lowest BCUT2D eigenvalue weighted by atomic mass is 9.55. The zero-order valence-electron chi connectivity index (χ0n) is 18.4. The molecule has 31 heavy (non-hydrogen) atoms. The Balaban J connectivity index is 1.27. The van der Waals surface area contributed by atoms with Gasteiger partial charge in [-0.1, -0.05) is 43.3 Å². The predicted octanol–water partition coefficient (Wildman–Crippen LogP) is 5.01. The van der Waals surface area contributed by atoms with E-state index in [-0.39, 0.29) is 30.0 Å². The highest BCUT2D eigenvalue weighted by Gasteiger charge is 2.74. The van der Waals surface area contributed by atoms with Crippen LogP contribution in [0.2, 0.25) is 0 Å². The molecule has 0 radical (unpaired) electrons. The van der Waals surface area contributed by atoms with Crippen LogP contribution in [0.25, 0.3) is 0 Å². The molecule has 0 unspecified atom stereocenters. The first-order valence-electron chi connectivity index (χ1n) is 11.7. The second-order valence-electron chi connectivity index (χ2n) is 10.3. The molecule has 1 heterocycles. The van der Waals surface area contributed by atoms with Crippen molar-refractivity contribution in [2.75, 3.05) is 13.9 Å². The van der Waals surface area contributed by atoms with Crippen molar-refractivity contribution in [1.82, 2.24) is 0 Å². The number of aryl methyl sites for hydroxylation is 1. The molecular weight excluding hydrogens is 388 g/mol. The van der Waals surface area contributed by atoms with E-state index in [1.807, 2.05) is 6.07 Å². The second kappa shape index (κ2) is 7.06. The third-order valence-corrected chi connectivity index (χ3v) is 8.93. The van der Waals surface area contributed by atoms with Gasteiger partial charge in [0, 0.05) is 7.11 Å². The molecular formula is C27H32O4. The van der Waals surface area contributed by atoms with Crippen LogP contribution in [0.4, 0.5) is 0 Å². The topological polar surface area (TPSA) is 51.2 Å². The van der Waals surface area contributed by atoms with Crippen molar-refractivity contribution in [2.24, 2.45) is 17.3 Å². The van der Waals surface area contributed by atoms with Gasteiger partial charge in [0.25, 0.3) is 0 Å². The van der Waals surface area contributed by atoms with Gasteiger partial charge >= 0.3 is 0 Å². The van der Waals surface area contributed by atoms with Gasteiger partial charge in [-0.05, 0) is 84.1 Å². The summed E-state index contributed by atoms with van der Waals surface area (Å²) in [7, 11) is 1.65. The normalized spacial score (nSPS) is 40.2. The van der Waals surface area contributed by atoms with Crippen molar-refractivity contribution in [3.63, 3.8) is 0 Å². The van der Waals surface area contributed by atoms with Gasteiger partial charge in [0.2, 0.25) is 0 Å². The first-order valence-corrected chi connectivity index (χ1v) is 11.7. The molecule has 4 heteroatoms. The van der Waals surface area contributed by atoms with E-state index < -0.39 is 0 Å². The molecule has 3 fully saturated rings. The maximum Gasteiger partial charge on any atom is 0.188 e. The van der Waals surface area contributed by atoms with Crippen molar-refractivity contribution in [3.8, 4) is 5.75 Å².